The summed E-state index contributed by atoms with van der Waals surface area (Å²) in [4.78, 5) is 32.8. The van der Waals surface area contributed by atoms with E-state index in [1.54, 1.807) is 97.1 Å². The van der Waals surface area contributed by atoms with E-state index in [4.69, 9.17) is 10.2 Å². The maximum atomic E-state index is 13.8. The molecule has 0 saturated carbocycles. The van der Waals surface area contributed by atoms with Crippen LogP contribution in [0.1, 0.15) is 22.3 Å². The van der Waals surface area contributed by atoms with Gasteiger partial charge in [-0.15, -0.1) is 0 Å². The van der Waals surface area contributed by atoms with E-state index in [2.05, 4.69) is 21.2 Å². The molecule has 0 aliphatic rings. The van der Waals surface area contributed by atoms with Crippen LogP contribution in [0, 0.1) is 17.5 Å². The molecule has 3 N–H and O–H groups in total. The first kappa shape index (κ1) is 39.8. The molecule has 0 spiro atoms. The minimum atomic E-state index is -0.872. The van der Waals surface area contributed by atoms with Gasteiger partial charge in [0.05, 0.1) is 19.3 Å². The Bertz CT molecular complexity index is 2120. The van der Waals surface area contributed by atoms with Gasteiger partial charge in [0.1, 0.15) is 17.5 Å². The maximum Gasteiger partial charge on any atom is 0.307 e. The molecule has 0 atom stereocenters. The molecule has 1 amide bonds. The SMILES string of the molecule is O=C(Cc1ccc(-c2ccccc2F)cc1)NCc1cccc(F)c1.O=C(O)Cc1ccc(-c2ccccc2F)cc1.O=C(O)Cc1ccc(Br)cc1. The monoisotopic (exact) mass is 781 g/mol. The van der Waals surface area contributed by atoms with Gasteiger partial charge >= 0.3 is 11.9 Å². The average Bonchev–Trinajstić information content (AvgIpc) is 3.13. The smallest absolute Gasteiger partial charge is 0.307 e. The summed E-state index contributed by atoms with van der Waals surface area (Å²) in [6.45, 7) is 0.282. The van der Waals surface area contributed by atoms with Crippen molar-refractivity contribution in [2.75, 3.05) is 0 Å². The minimum absolute atomic E-state index is 0.0163. The topological polar surface area (TPSA) is 104 Å². The molecule has 6 rings (SSSR count). The fourth-order valence-electron chi connectivity index (χ4n) is 5.04. The zero-order valence-electron chi connectivity index (χ0n) is 28.3. The summed E-state index contributed by atoms with van der Waals surface area (Å²) in [5.74, 6) is -2.70. The Kier molecular flexibility index (Phi) is 15.1. The lowest BCUT2D eigenvalue weighted by molar-refractivity contribution is -0.137. The summed E-state index contributed by atoms with van der Waals surface area (Å²) in [6, 6.07) is 40.5. The van der Waals surface area contributed by atoms with Crippen LogP contribution in [0.3, 0.4) is 0 Å². The fraction of sp³-hybridized carbons (Fsp3) is 0.0930. The Morgan fingerprint density at radius 3 is 1.38 bits per heavy atom. The van der Waals surface area contributed by atoms with Gasteiger partial charge in [-0.05, 0) is 69.8 Å². The predicted octanol–water partition coefficient (Wildman–Crippen LogP) is 9.69. The van der Waals surface area contributed by atoms with Crippen molar-refractivity contribution >= 4 is 33.8 Å². The van der Waals surface area contributed by atoms with Gasteiger partial charge in [-0.25, -0.2) is 13.2 Å². The number of nitrogens with one attached hydrogen (secondary N) is 1. The highest BCUT2D eigenvalue weighted by atomic mass is 79.9. The van der Waals surface area contributed by atoms with Crippen LogP contribution in [0.4, 0.5) is 13.2 Å². The van der Waals surface area contributed by atoms with Gasteiger partial charge in [0.15, 0.2) is 0 Å². The highest BCUT2D eigenvalue weighted by Gasteiger charge is 2.08. The van der Waals surface area contributed by atoms with Gasteiger partial charge in [-0.2, -0.15) is 0 Å². The number of carboxylic acid groups (broad SMARTS) is 2. The number of benzene rings is 6. The first-order valence-corrected chi connectivity index (χ1v) is 17.1. The van der Waals surface area contributed by atoms with Crippen molar-refractivity contribution in [3.05, 3.63) is 190 Å². The van der Waals surface area contributed by atoms with Crippen molar-refractivity contribution in [3.63, 3.8) is 0 Å². The van der Waals surface area contributed by atoms with E-state index < -0.39 is 11.9 Å². The highest BCUT2D eigenvalue weighted by Crippen LogP contribution is 2.24. The third-order valence-electron chi connectivity index (χ3n) is 7.64. The Hall–Kier alpha value is -6.00. The van der Waals surface area contributed by atoms with Gasteiger partial charge in [-0.1, -0.05) is 125 Å². The van der Waals surface area contributed by atoms with Gasteiger partial charge in [-0.3, -0.25) is 14.4 Å². The molecule has 6 aromatic rings. The second-order valence-corrected chi connectivity index (χ2v) is 12.6. The van der Waals surface area contributed by atoms with Crippen molar-refractivity contribution in [1.82, 2.24) is 5.32 Å². The summed E-state index contributed by atoms with van der Waals surface area (Å²) in [7, 11) is 0. The van der Waals surface area contributed by atoms with Crippen molar-refractivity contribution in [3.8, 4) is 22.3 Å². The third kappa shape index (κ3) is 13.6. The van der Waals surface area contributed by atoms with E-state index in [1.807, 2.05) is 24.3 Å². The second-order valence-electron chi connectivity index (χ2n) is 11.7. The van der Waals surface area contributed by atoms with Crippen molar-refractivity contribution in [1.29, 1.82) is 0 Å². The van der Waals surface area contributed by atoms with E-state index in [9.17, 15) is 27.6 Å². The van der Waals surface area contributed by atoms with Crippen LogP contribution in [0.15, 0.2) is 150 Å². The zero-order chi connectivity index (χ0) is 38.2. The molecule has 10 heteroatoms. The standard InChI is InChI=1S/C21H17F2NO.C14H11FO2.C8H7BrO2/c22-18-5-3-4-16(12-18)14-24-21(25)13-15-8-10-17(11-9-15)19-6-1-2-7-20(19)23;15-13-4-2-1-3-12(13)11-7-5-10(6-8-11)9-14(16)17;9-7-3-1-6(2-4-7)5-8(10)11/h1-12H,13-14H2,(H,24,25);1-8H,9H2,(H,16,17);1-4H,5H2,(H,10,11). The number of hydrogen-bond acceptors (Lipinski definition) is 3. The molecule has 53 heavy (non-hydrogen) atoms. The van der Waals surface area contributed by atoms with Crippen LogP contribution < -0.4 is 5.32 Å². The predicted molar refractivity (Wildman–Crippen MR) is 202 cm³/mol. The van der Waals surface area contributed by atoms with Crippen molar-refractivity contribution in [2.24, 2.45) is 0 Å². The largest absolute Gasteiger partial charge is 0.481 e. The first-order chi connectivity index (χ1) is 25.5. The van der Waals surface area contributed by atoms with E-state index in [0.717, 1.165) is 26.7 Å². The molecule has 270 valence electrons. The molecule has 6 aromatic carbocycles. The number of hydrogen-bond donors (Lipinski definition) is 3. The molecule has 0 fully saturated rings. The molecule has 6 nitrogen and oxygen atoms in total. The molecule has 0 heterocycles. The first-order valence-electron chi connectivity index (χ1n) is 16.3. The lowest BCUT2D eigenvalue weighted by Gasteiger charge is -2.07. The third-order valence-corrected chi connectivity index (χ3v) is 8.17. The summed E-state index contributed by atoms with van der Waals surface area (Å²) in [5, 5.41) is 19.8. The van der Waals surface area contributed by atoms with E-state index in [0.29, 0.717) is 22.3 Å². The maximum absolute atomic E-state index is 13.8. The van der Waals surface area contributed by atoms with Crippen LogP contribution in [0.25, 0.3) is 22.3 Å². The number of rotatable bonds is 10. The summed E-state index contributed by atoms with van der Waals surface area (Å²) >= 11 is 3.26. The van der Waals surface area contributed by atoms with Gasteiger partial charge in [0, 0.05) is 22.1 Å². The molecule has 0 unspecified atom stereocenters. The number of aliphatic carboxylic acids is 2. The number of carbonyl (C=O) groups excluding carboxylic acids is 1. The molecular weight excluding hydrogens is 747 g/mol. The van der Waals surface area contributed by atoms with E-state index >= 15 is 0 Å². The normalized spacial score (nSPS) is 10.2. The van der Waals surface area contributed by atoms with E-state index in [-0.39, 0.29) is 49.2 Å². The molecular formula is C43H35BrF3NO5. The lowest BCUT2D eigenvalue weighted by atomic mass is 10.0. The molecule has 0 radical (unpaired) electrons. The Morgan fingerprint density at radius 1 is 0.509 bits per heavy atom. The van der Waals surface area contributed by atoms with Gasteiger partial charge in [0.2, 0.25) is 5.91 Å². The average molecular weight is 783 g/mol. The molecule has 0 saturated heterocycles. The second kappa shape index (κ2) is 20.1. The van der Waals surface area contributed by atoms with E-state index in [1.165, 1.54) is 24.3 Å². The lowest BCUT2D eigenvalue weighted by Crippen LogP contribution is -2.24. The minimum Gasteiger partial charge on any atom is -0.481 e. The summed E-state index contributed by atoms with van der Waals surface area (Å²) in [6.07, 6.45) is 0.289. The molecule has 0 bridgehead atoms. The number of carboxylic acids is 2. The highest BCUT2D eigenvalue weighted by molar-refractivity contribution is 9.10. The Balaban J connectivity index is 0.000000193. The van der Waals surface area contributed by atoms with Crippen LogP contribution in [-0.2, 0) is 40.2 Å². The number of carbonyl (C=O) groups is 3. The zero-order valence-corrected chi connectivity index (χ0v) is 29.9. The Labute approximate surface area is 313 Å². The molecule has 0 aromatic heterocycles. The van der Waals surface area contributed by atoms with Crippen LogP contribution in [0.2, 0.25) is 0 Å². The van der Waals surface area contributed by atoms with Gasteiger partial charge < -0.3 is 15.5 Å². The van der Waals surface area contributed by atoms with Crippen LogP contribution in [-0.4, -0.2) is 28.1 Å². The summed E-state index contributed by atoms with van der Waals surface area (Å²) < 4.78 is 41.3. The molecule has 0 aliphatic heterocycles. The fourth-order valence-corrected chi connectivity index (χ4v) is 5.31. The Morgan fingerprint density at radius 2 is 0.943 bits per heavy atom. The number of halogens is 4. The van der Waals surface area contributed by atoms with Crippen molar-refractivity contribution in [2.45, 2.75) is 25.8 Å². The van der Waals surface area contributed by atoms with Crippen LogP contribution in [0.5, 0.6) is 0 Å². The van der Waals surface area contributed by atoms with Crippen LogP contribution >= 0.6 is 15.9 Å². The quantitative estimate of drug-likeness (QED) is 0.129. The van der Waals surface area contributed by atoms with Gasteiger partial charge in [0.25, 0.3) is 0 Å². The summed E-state index contributed by atoms with van der Waals surface area (Å²) in [5.41, 5.74) is 5.64. The van der Waals surface area contributed by atoms with Crippen molar-refractivity contribution < 1.29 is 37.8 Å². The molecule has 0 aliphatic carbocycles. The number of amides is 1.